The van der Waals surface area contributed by atoms with Crippen molar-refractivity contribution in [3.05, 3.63) is 59.1 Å². The third kappa shape index (κ3) is 3.59. The minimum atomic E-state index is -3.32. The quantitative estimate of drug-likeness (QED) is 0.741. The lowest BCUT2D eigenvalue weighted by Crippen LogP contribution is -2.22. The second-order valence-electron chi connectivity index (χ2n) is 6.34. The molecule has 0 spiro atoms. The van der Waals surface area contributed by atoms with Crippen LogP contribution < -0.4 is 4.74 Å². The van der Waals surface area contributed by atoms with E-state index in [1.807, 2.05) is 0 Å². The van der Waals surface area contributed by atoms with Crippen molar-refractivity contribution in [2.24, 2.45) is 0 Å². The normalized spacial score (nSPS) is 16.5. The number of aromatic nitrogens is 1. The largest absolute Gasteiger partial charge is 0.449 e. The maximum Gasteiger partial charge on any atom is 0.375 e. The SMILES string of the molecule is CC1(C)OC(=O)C(Oc2cncc(Cl)c2)=C1c1ccc(S(C)(=O)=O)cc1. The molecular formula is C18H16ClNO5S. The number of hydrogen-bond acceptors (Lipinski definition) is 6. The molecule has 0 saturated heterocycles. The molecule has 26 heavy (non-hydrogen) atoms. The maximum atomic E-state index is 12.3. The van der Waals surface area contributed by atoms with Crippen molar-refractivity contribution in [2.45, 2.75) is 24.3 Å². The fourth-order valence-corrected chi connectivity index (χ4v) is 3.51. The molecule has 2 heterocycles. The molecule has 0 N–H and O–H groups in total. The Kier molecular flexibility index (Phi) is 4.54. The second kappa shape index (κ2) is 6.41. The van der Waals surface area contributed by atoms with Gasteiger partial charge in [0, 0.05) is 18.5 Å². The topological polar surface area (TPSA) is 82.6 Å². The molecule has 1 aliphatic rings. The molecule has 2 aromatic rings. The van der Waals surface area contributed by atoms with E-state index in [4.69, 9.17) is 21.1 Å². The van der Waals surface area contributed by atoms with Gasteiger partial charge in [-0.3, -0.25) is 4.98 Å². The highest BCUT2D eigenvalue weighted by atomic mass is 35.5. The number of cyclic esters (lactones) is 1. The molecule has 8 heteroatoms. The highest BCUT2D eigenvalue weighted by Crippen LogP contribution is 2.40. The third-order valence-electron chi connectivity index (χ3n) is 3.83. The number of pyridine rings is 1. The van der Waals surface area contributed by atoms with Crippen LogP contribution in [0.25, 0.3) is 5.57 Å². The van der Waals surface area contributed by atoms with Gasteiger partial charge in [-0.05, 0) is 31.5 Å². The van der Waals surface area contributed by atoms with E-state index in [-0.39, 0.29) is 10.7 Å². The van der Waals surface area contributed by atoms with Crippen molar-refractivity contribution < 1.29 is 22.7 Å². The standard InChI is InChI=1S/C18H16ClNO5S/c1-18(2)15(11-4-6-14(7-5-11)26(3,22)23)16(17(21)25-18)24-13-8-12(19)9-20-10-13/h4-10H,1-3H3. The van der Waals surface area contributed by atoms with Crippen LogP contribution in [0.2, 0.25) is 5.02 Å². The van der Waals surface area contributed by atoms with Crippen LogP contribution >= 0.6 is 11.6 Å². The van der Waals surface area contributed by atoms with Crippen molar-refractivity contribution in [2.75, 3.05) is 6.26 Å². The summed E-state index contributed by atoms with van der Waals surface area (Å²) in [5, 5.41) is 0.368. The first kappa shape index (κ1) is 18.4. The summed E-state index contributed by atoms with van der Waals surface area (Å²) in [5.74, 6) is -0.296. The highest BCUT2D eigenvalue weighted by molar-refractivity contribution is 7.90. The van der Waals surface area contributed by atoms with Crippen LogP contribution in [0.1, 0.15) is 19.4 Å². The first-order chi connectivity index (χ1) is 12.1. The van der Waals surface area contributed by atoms with E-state index in [9.17, 15) is 13.2 Å². The Balaban J connectivity index is 2.09. The van der Waals surface area contributed by atoms with Gasteiger partial charge in [-0.15, -0.1) is 0 Å². The molecule has 3 rings (SSSR count). The van der Waals surface area contributed by atoms with Gasteiger partial charge in [0.05, 0.1) is 21.7 Å². The van der Waals surface area contributed by atoms with Crippen molar-refractivity contribution in [3.63, 3.8) is 0 Å². The zero-order chi connectivity index (χ0) is 19.1. The first-order valence-corrected chi connectivity index (χ1v) is 9.92. The molecule has 0 radical (unpaired) electrons. The van der Waals surface area contributed by atoms with Crippen LogP contribution in [-0.4, -0.2) is 31.2 Å². The Morgan fingerprint density at radius 2 is 1.81 bits per heavy atom. The van der Waals surface area contributed by atoms with Crippen molar-refractivity contribution in [3.8, 4) is 5.75 Å². The van der Waals surface area contributed by atoms with Crippen LogP contribution in [0.15, 0.2) is 53.4 Å². The lowest BCUT2D eigenvalue weighted by Gasteiger charge is -2.21. The van der Waals surface area contributed by atoms with Gasteiger partial charge in [0.2, 0.25) is 5.76 Å². The smallest absolute Gasteiger partial charge is 0.375 e. The number of sulfone groups is 1. The minimum Gasteiger partial charge on any atom is -0.449 e. The van der Waals surface area contributed by atoms with Crippen LogP contribution in [0.3, 0.4) is 0 Å². The van der Waals surface area contributed by atoms with Gasteiger partial charge in [-0.2, -0.15) is 0 Å². The zero-order valence-corrected chi connectivity index (χ0v) is 15.9. The van der Waals surface area contributed by atoms with Crippen LogP contribution in [-0.2, 0) is 19.4 Å². The van der Waals surface area contributed by atoms with Gasteiger partial charge < -0.3 is 9.47 Å². The first-order valence-electron chi connectivity index (χ1n) is 7.65. The van der Waals surface area contributed by atoms with Crippen molar-refractivity contribution in [1.82, 2.24) is 4.98 Å². The number of hydrogen-bond donors (Lipinski definition) is 0. The third-order valence-corrected chi connectivity index (χ3v) is 5.17. The Morgan fingerprint density at radius 3 is 2.38 bits per heavy atom. The molecule has 0 fully saturated rings. The second-order valence-corrected chi connectivity index (χ2v) is 8.79. The number of halogens is 1. The summed E-state index contributed by atoms with van der Waals surface area (Å²) in [7, 11) is -3.32. The van der Waals surface area contributed by atoms with Crippen LogP contribution in [0.5, 0.6) is 5.75 Å². The van der Waals surface area contributed by atoms with Gasteiger partial charge >= 0.3 is 5.97 Å². The molecule has 0 amide bonds. The molecule has 1 aromatic heterocycles. The Morgan fingerprint density at radius 1 is 1.15 bits per heavy atom. The van der Waals surface area contributed by atoms with E-state index in [0.717, 1.165) is 6.26 Å². The number of carbonyl (C=O) groups excluding carboxylic acids is 1. The summed E-state index contributed by atoms with van der Waals surface area (Å²) in [6, 6.07) is 7.73. The fraction of sp³-hybridized carbons (Fsp3) is 0.222. The van der Waals surface area contributed by atoms with Crippen molar-refractivity contribution >= 4 is 33.0 Å². The Bertz CT molecular complexity index is 1010. The molecule has 0 aliphatic carbocycles. The van der Waals surface area contributed by atoms with E-state index >= 15 is 0 Å². The van der Waals surface area contributed by atoms with Crippen molar-refractivity contribution in [1.29, 1.82) is 0 Å². The molecule has 0 atom stereocenters. The zero-order valence-electron chi connectivity index (χ0n) is 14.3. The summed E-state index contributed by atoms with van der Waals surface area (Å²) in [6.45, 7) is 3.47. The Labute approximate surface area is 156 Å². The number of ether oxygens (including phenoxy) is 2. The molecule has 1 aliphatic heterocycles. The number of esters is 1. The molecule has 0 saturated carbocycles. The van der Waals surface area contributed by atoms with Crippen LogP contribution in [0, 0.1) is 0 Å². The predicted molar refractivity (Wildman–Crippen MR) is 96.5 cm³/mol. The Hall–Kier alpha value is -2.38. The van der Waals surface area contributed by atoms with E-state index in [0.29, 0.717) is 21.9 Å². The monoisotopic (exact) mass is 393 g/mol. The number of benzene rings is 1. The average molecular weight is 394 g/mol. The molecule has 6 nitrogen and oxygen atoms in total. The van der Waals surface area contributed by atoms with E-state index in [2.05, 4.69) is 4.98 Å². The maximum absolute atomic E-state index is 12.3. The lowest BCUT2D eigenvalue weighted by molar-refractivity contribution is -0.145. The summed E-state index contributed by atoms with van der Waals surface area (Å²) in [6.07, 6.45) is 4.01. The van der Waals surface area contributed by atoms with Gasteiger partial charge in [0.25, 0.3) is 0 Å². The summed E-state index contributed by atoms with van der Waals surface area (Å²) in [4.78, 5) is 16.4. The molecular weight excluding hydrogens is 378 g/mol. The summed E-state index contributed by atoms with van der Waals surface area (Å²) < 4.78 is 34.4. The lowest BCUT2D eigenvalue weighted by atomic mass is 9.92. The molecule has 1 aromatic carbocycles. The summed E-state index contributed by atoms with van der Waals surface area (Å²) in [5.41, 5.74) is 0.200. The number of nitrogens with zero attached hydrogens (tertiary/aromatic N) is 1. The predicted octanol–water partition coefficient (Wildman–Crippen LogP) is 3.26. The van der Waals surface area contributed by atoms with E-state index in [1.165, 1.54) is 30.6 Å². The van der Waals surface area contributed by atoms with Gasteiger partial charge in [-0.1, -0.05) is 23.7 Å². The van der Waals surface area contributed by atoms with E-state index in [1.54, 1.807) is 26.0 Å². The van der Waals surface area contributed by atoms with Gasteiger partial charge in [0.1, 0.15) is 11.4 Å². The van der Waals surface area contributed by atoms with Gasteiger partial charge in [0.15, 0.2) is 9.84 Å². The molecule has 0 unspecified atom stereocenters. The molecule has 136 valence electrons. The highest BCUT2D eigenvalue weighted by Gasteiger charge is 2.43. The summed E-state index contributed by atoms with van der Waals surface area (Å²) >= 11 is 5.90. The minimum absolute atomic E-state index is 0.0196. The average Bonchev–Trinajstić information content (AvgIpc) is 2.75. The van der Waals surface area contributed by atoms with Gasteiger partial charge in [-0.25, -0.2) is 13.2 Å². The van der Waals surface area contributed by atoms with E-state index < -0.39 is 21.4 Å². The fourth-order valence-electron chi connectivity index (χ4n) is 2.71. The number of rotatable bonds is 4. The molecule has 0 bridgehead atoms. The van der Waals surface area contributed by atoms with Crippen LogP contribution in [0.4, 0.5) is 0 Å². The number of carbonyl (C=O) groups is 1.